The Balaban J connectivity index is 0.00000400. The number of aliphatic imine (C=N–C) groups is 1. The number of hydrogen-bond donors (Lipinski definition) is 2. The van der Waals surface area contributed by atoms with Gasteiger partial charge in [-0.1, -0.05) is 26.0 Å². The number of nitrogens with zero attached hydrogens (tertiary/aromatic N) is 1. The molecule has 0 spiro atoms. The normalized spacial score (nSPS) is 12.1. The number of benzene rings is 1. The van der Waals surface area contributed by atoms with Gasteiger partial charge in [-0.05, 0) is 30.0 Å². The lowest BCUT2D eigenvalue weighted by molar-refractivity contribution is 0.599. The summed E-state index contributed by atoms with van der Waals surface area (Å²) in [6, 6.07) is 7.98. The van der Waals surface area contributed by atoms with Crippen molar-refractivity contribution in [1.82, 2.24) is 0 Å². The molecule has 0 heterocycles. The third-order valence-electron chi connectivity index (χ3n) is 2.78. The van der Waals surface area contributed by atoms with Gasteiger partial charge in [0.15, 0.2) is 5.96 Å². The molecule has 0 aliphatic rings. The molecule has 21 heavy (non-hydrogen) atoms. The molecule has 1 aromatic rings. The Hall–Kier alpha value is -0.830. The second kappa shape index (κ2) is 9.24. The standard InChI is InChI=1S/C14H23N3O2S.HI/c1-11(2)12-6-4-7-13(10-12)17-14(15)16-8-5-9-20(3,18)19;/h4,6-7,10-11H,5,8-9H2,1-3H3,(H3,15,16,17);1H. The molecule has 0 radical (unpaired) electrons. The van der Waals surface area contributed by atoms with Gasteiger partial charge in [-0.3, -0.25) is 4.99 Å². The lowest BCUT2D eigenvalue weighted by Gasteiger charge is -2.09. The fourth-order valence-corrected chi connectivity index (χ4v) is 2.34. The highest BCUT2D eigenvalue weighted by Crippen LogP contribution is 2.18. The van der Waals surface area contributed by atoms with E-state index in [0.717, 1.165) is 5.69 Å². The molecule has 3 N–H and O–H groups in total. The van der Waals surface area contributed by atoms with Gasteiger partial charge in [-0.15, -0.1) is 24.0 Å². The van der Waals surface area contributed by atoms with Crippen LogP contribution in [-0.2, 0) is 9.84 Å². The minimum absolute atomic E-state index is 0. The van der Waals surface area contributed by atoms with Crippen molar-refractivity contribution in [3.05, 3.63) is 29.8 Å². The molecule has 120 valence electrons. The lowest BCUT2D eigenvalue weighted by atomic mass is 10.0. The molecule has 1 aromatic carbocycles. The number of nitrogens with two attached hydrogens (primary N) is 1. The molecule has 0 aliphatic carbocycles. The Morgan fingerprint density at radius 2 is 2.05 bits per heavy atom. The number of hydrogen-bond acceptors (Lipinski definition) is 3. The Bertz CT molecular complexity index is 571. The van der Waals surface area contributed by atoms with Gasteiger partial charge in [-0.25, -0.2) is 8.42 Å². The first-order valence-corrected chi connectivity index (χ1v) is 8.68. The Morgan fingerprint density at radius 1 is 1.38 bits per heavy atom. The van der Waals surface area contributed by atoms with Crippen LogP contribution in [0.15, 0.2) is 29.3 Å². The zero-order valence-electron chi connectivity index (χ0n) is 12.7. The molecule has 0 amide bonds. The average Bonchev–Trinajstić information content (AvgIpc) is 2.34. The second-order valence-corrected chi connectivity index (χ2v) is 7.42. The van der Waals surface area contributed by atoms with E-state index in [1.54, 1.807) is 0 Å². The maximum Gasteiger partial charge on any atom is 0.193 e. The minimum Gasteiger partial charge on any atom is -0.370 e. The average molecular weight is 425 g/mol. The van der Waals surface area contributed by atoms with Crippen LogP contribution in [0, 0.1) is 0 Å². The molecule has 0 atom stereocenters. The predicted molar refractivity (Wildman–Crippen MR) is 100 cm³/mol. The van der Waals surface area contributed by atoms with Crippen molar-refractivity contribution in [2.24, 2.45) is 10.7 Å². The van der Waals surface area contributed by atoms with E-state index in [0.29, 0.717) is 24.8 Å². The van der Waals surface area contributed by atoms with E-state index in [9.17, 15) is 8.42 Å². The Morgan fingerprint density at radius 3 is 2.62 bits per heavy atom. The second-order valence-electron chi connectivity index (χ2n) is 5.16. The van der Waals surface area contributed by atoms with Crippen LogP contribution in [-0.4, -0.2) is 32.9 Å². The SMILES string of the molecule is CC(C)c1cccc(NC(N)=NCCCS(C)(=O)=O)c1.I. The molecule has 0 aliphatic heterocycles. The highest BCUT2D eigenvalue weighted by atomic mass is 127. The van der Waals surface area contributed by atoms with Crippen LogP contribution in [0.1, 0.15) is 31.7 Å². The summed E-state index contributed by atoms with van der Waals surface area (Å²) >= 11 is 0. The molecular formula is C14H24IN3O2S. The Kier molecular flexibility index (Phi) is 8.88. The van der Waals surface area contributed by atoms with Crippen LogP contribution in [0.25, 0.3) is 0 Å². The molecular weight excluding hydrogens is 401 g/mol. The van der Waals surface area contributed by atoms with E-state index >= 15 is 0 Å². The maximum absolute atomic E-state index is 11.0. The molecule has 0 bridgehead atoms. The van der Waals surface area contributed by atoms with Crippen LogP contribution in [0.3, 0.4) is 0 Å². The fraction of sp³-hybridized carbons (Fsp3) is 0.500. The molecule has 0 aromatic heterocycles. The van der Waals surface area contributed by atoms with Crippen LogP contribution in [0.5, 0.6) is 0 Å². The van der Waals surface area contributed by atoms with Crippen molar-refractivity contribution in [3.8, 4) is 0 Å². The molecule has 0 saturated heterocycles. The molecule has 0 unspecified atom stereocenters. The molecule has 0 fully saturated rings. The lowest BCUT2D eigenvalue weighted by Crippen LogP contribution is -2.23. The predicted octanol–water partition coefficient (Wildman–Crippen LogP) is 2.59. The van der Waals surface area contributed by atoms with Crippen LogP contribution >= 0.6 is 24.0 Å². The first-order valence-electron chi connectivity index (χ1n) is 6.62. The zero-order chi connectivity index (χ0) is 15.2. The summed E-state index contributed by atoms with van der Waals surface area (Å²) in [6.45, 7) is 4.65. The monoisotopic (exact) mass is 425 g/mol. The van der Waals surface area contributed by atoms with Crippen LogP contribution < -0.4 is 11.1 Å². The topological polar surface area (TPSA) is 84.5 Å². The number of anilines is 1. The van der Waals surface area contributed by atoms with Crippen molar-refractivity contribution in [3.63, 3.8) is 0 Å². The van der Waals surface area contributed by atoms with Gasteiger partial charge >= 0.3 is 0 Å². The third kappa shape index (κ3) is 8.92. The summed E-state index contributed by atoms with van der Waals surface area (Å²) in [6.07, 6.45) is 1.70. The van der Waals surface area contributed by atoms with Crippen molar-refractivity contribution in [1.29, 1.82) is 0 Å². The van der Waals surface area contributed by atoms with Gasteiger partial charge in [0, 0.05) is 18.5 Å². The highest BCUT2D eigenvalue weighted by molar-refractivity contribution is 14.0. The smallest absolute Gasteiger partial charge is 0.193 e. The van der Waals surface area contributed by atoms with Gasteiger partial charge in [0.05, 0.1) is 5.75 Å². The molecule has 0 saturated carbocycles. The zero-order valence-corrected chi connectivity index (χ0v) is 15.8. The van der Waals surface area contributed by atoms with Crippen molar-refractivity contribution in [2.75, 3.05) is 23.9 Å². The first kappa shape index (κ1) is 20.2. The molecule has 5 nitrogen and oxygen atoms in total. The van der Waals surface area contributed by atoms with Gasteiger partial charge in [-0.2, -0.15) is 0 Å². The summed E-state index contributed by atoms with van der Waals surface area (Å²) in [5.41, 5.74) is 7.88. The maximum atomic E-state index is 11.0. The van der Waals surface area contributed by atoms with Crippen molar-refractivity contribution in [2.45, 2.75) is 26.2 Å². The third-order valence-corrected chi connectivity index (χ3v) is 3.81. The van der Waals surface area contributed by atoms with E-state index in [-0.39, 0.29) is 29.7 Å². The number of sulfone groups is 1. The summed E-state index contributed by atoms with van der Waals surface area (Å²) in [4.78, 5) is 4.12. The van der Waals surface area contributed by atoms with Crippen molar-refractivity contribution < 1.29 is 8.42 Å². The van der Waals surface area contributed by atoms with Gasteiger partial charge in [0.1, 0.15) is 9.84 Å². The quantitative estimate of drug-likeness (QED) is 0.318. The number of halogens is 1. The van der Waals surface area contributed by atoms with Crippen LogP contribution in [0.4, 0.5) is 5.69 Å². The molecule has 1 rings (SSSR count). The summed E-state index contributed by atoms with van der Waals surface area (Å²) in [7, 11) is -2.93. The van der Waals surface area contributed by atoms with E-state index in [1.807, 2.05) is 18.2 Å². The minimum atomic E-state index is -2.93. The summed E-state index contributed by atoms with van der Waals surface area (Å²) in [5, 5.41) is 3.01. The highest BCUT2D eigenvalue weighted by Gasteiger charge is 2.02. The van der Waals surface area contributed by atoms with Gasteiger partial charge < -0.3 is 11.1 Å². The first-order chi connectivity index (χ1) is 9.28. The fourth-order valence-electron chi connectivity index (χ4n) is 1.69. The summed E-state index contributed by atoms with van der Waals surface area (Å²) < 4.78 is 21.9. The van der Waals surface area contributed by atoms with E-state index in [2.05, 4.69) is 30.2 Å². The largest absolute Gasteiger partial charge is 0.370 e. The van der Waals surface area contributed by atoms with E-state index < -0.39 is 9.84 Å². The molecule has 7 heteroatoms. The van der Waals surface area contributed by atoms with E-state index in [4.69, 9.17) is 5.73 Å². The van der Waals surface area contributed by atoms with Crippen molar-refractivity contribution >= 4 is 45.5 Å². The number of rotatable bonds is 6. The number of nitrogens with one attached hydrogen (secondary N) is 1. The Labute approximate surface area is 144 Å². The van der Waals surface area contributed by atoms with Gasteiger partial charge in [0.25, 0.3) is 0 Å². The summed E-state index contributed by atoms with van der Waals surface area (Å²) in [5.74, 6) is 0.885. The van der Waals surface area contributed by atoms with Gasteiger partial charge in [0.2, 0.25) is 0 Å². The van der Waals surface area contributed by atoms with E-state index in [1.165, 1.54) is 11.8 Å². The van der Waals surface area contributed by atoms with Crippen LogP contribution in [0.2, 0.25) is 0 Å². The number of guanidine groups is 1.